The predicted molar refractivity (Wildman–Crippen MR) is 48.5 cm³/mol. The first-order chi connectivity index (χ1) is 5.02. The Labute approximate surface area is 70.2 Å². The van der Waals surface area contributed by atoms with Gasteiger partial charge in [-0.25, -0.2) is 0 Å². The zero-order chi connectivity index (χ0) is 8.91. The van der Waals surface area contributed by atoms with E-state index in [-0.39, 0.29) is 12.3 Å². The van der Waals surface area contributed by atoms with Crippen molar-refractivity contribution < 1.29 is 5.11 Å². The van der Waals surface area contributed by atoms with E-state index >= 15 is 0 Å². The monoisotopic (exact) mass is 159 g/mol. The van der Waals surface area contributed by atoms with Crippen LogP contribution in [-0.2, 0) is 0 Å². The molecule has 0 heterocycles. The zero-order valence-corrected chi connectivity index (χ0v) is 8.22. The second-order valence-corrected chi connectivity index (χ2v) is 3.93. The van der Waals surface area contributed by atoms with Crippen LogP contribution in [0.3, 0.4) is 0 Å². The van der Waals surface area contributed by atoms with Crippen LogP contribution < -0.4 is 0 Å². The van der Waals surface area contributed by atoms with Crippen molar-refractivity contribution in [2.45, 2.75) is 46.1 Å². The van der Waals surface area contributed by atoms with Gasteiger partial charge in [-0.1, -0.05) is 13.3 Å². The lowest BCUT2D eigenvalue weighted by molar-refractivity contribution is 0.0323. The molecule has 0 aromatic rings. The molecule has 0 bridgehead atoms. The van der Waals surface area contributed by atoms with E-state index in [9.17, 15) is 0 Å². The molecule has 68 valence electrons. The Hall–Kier alpha value is -0.0800. The maximum Gasteiger partial charge on any atom is 0.0960 e. The van der Waals surface area contributed by atoms with Crippen molar-refractivity contribution in [1.29, 1.82) is 0 Å². The highest BCUT2D eigenvalue weighted by molar-refractivity contribution is 4.73. The smallest absolute Gasteiger partial charge is 0.0960 e. The third-order valence-electron chi connectivity index (χ3n) is 1.90. The van der Waals surface area contributed by atoms with Crippen LogP contribution >= 0.6 is 0 Å². The number of hydrogen-bond donors (Lipinski definition) is 1. The first-order valence-corrected chi connectivity index (χ1v) is 4.38. The van der Waals surface area contributed by atoms with Crippen LogP contribution in [0.4, 0.5) is 0 Å². The van der Waals surface area contributed by atoms with Crippen molar-refractivity contribution in [3.63, 3.8) is 0 Å². The summed E-state index contributed by atoms with van der Waals surface area (Å²) in [4.78, 5) is 2.08. The van der Waals surface area contributed by atoms with Gasteiger partial charge in [0.15, 0.2) is 0 Å². The molecule has 0 aliphatic rings. The number of aliphatic hydroxyl groups is 1. The SMILES string of the molecule is CCCCN(CO)C(C)(C)C. The van der Waals surface area contributed by atoms with Crippen molar-refractivity contribution in [3.05, 3.63) is 0 Å². The van der Waals surface area contributed by atoms with Gasteiger partial charge in [0.25, 0.3) is 0 Å². The first kappa shape index (κ1) is 10.9. The van der Waals surface area contributed by atoms with Crippen LogP contribution in [0.5, 0.6) is 0 Å². The maximum atomic E-state index is 9.01. The van der Waals surface area contributed by atoms with Crippen molar-refractivity contribution in [2.24, 2.45) is 0 Å². The van der Waals surface area contributed by atoms with Gasteiger partial charge in [0.05, 0.1) is 6.73 Å². The van der Waals surface area contributed by atoms with E-state index in [2.05, 4.69) is 32.6 Å². The molecule has 0 saturated carbocycles. The minimum Gasteiger partial charge on any atom is -0.381 e. The van der Waals surface area contributed by atoms with Gasteiger partial charge in [-0.15, -0.1) is 0 Å². The highest BCUT2D eigenvalue weighted by Crippen LogP contribution is 2.12. The second-order valence-electron chi connectivity index (χ2n) is 3.93. The molecule has 0 unspecified atom stereocenters. The van der Waals surface area contributed by atoms with E-state index in [1.807, 2.05) is 0 Å². The lowest BCUT2D eigenvalue weighted by Gasteiger charge is -2.33. The summed E-state index contributed by atoms with van der Waals surface area (Å²) in [5.74, 6) is 0. The summed E-state index contributed by atoms with van der Waals surface area (Å²) in [6.07, 6.45) is 2.35. The predicted octanol–water partition coefficient (Wildman–Crippen LogP) is 1.84. The van der Waals surface area contributed by atoms with E-state index in [1.54, 1.807) is 0 Å². The van der Waals surface area contributed by atoms with Crippen LogP contribution in [0.15, 0.2) is 0 Å². The fraction of sp³-hybridized carbons (Fsp3) is 1.00. The van der Waals surface area contributed by atoms with Crippen LogP contribution in [0.2, 0.25) is 0 Å². The van der Waals surface area contributed by atoms with Crippen LogP contribution in [-0.4, -0.2) is 28.8 Å². The summed E-state index contributed by atoms with van der Waals surface area (Å²) in [6, 6.07) is 0. The van der Waals surface area contributed by atoms with E-state index in [1.165, 1.54) is 6.42 Å². The number of aliphatic hydroxyl groups excluding tert-OH is 1. The summed E-state index contributed by atoms with van der Waals surface area (Å²) in [7, 11) is 0. The van der Waals surface area contributed by atoms with Gasteiger partial charge in [-0.2, -0.15) is 0 Å². The van der Waals surface area contributed by atoms with Gasteiger partial charge >= 0.3 is 0 Å². The number of hydrogen-bond acceptors (Lipinski definition) is 2. The molecule has 0 radical (unpaired) electrons. The van der Waals surface area contributed by atoms with E-state index in [4.69, 9.17) is 5.11 Å². The minimum atomic E-state index is 0.101. The van der Waals surface area contributed by atoms with Crippen molar-refractivity contribution >= 4 is 0 Å². The Kier molecular flexibility index (Phi) is 4.69. The number of nitrogens with zero attached hydrogens (tertiary/aromatic N) is 1. The van der Waals surface area contributed by atoms with Gasteiger partial charge in [0.2, 0.25) is 0 Å². The molecule has 0 aliphatic carbocycles. The Bertz CT molecular complexity index is 96.2. The molecule has 11 heavy (non-hydrogen) atoms. The van der Waals surface area contributed by atoms with Crippen molar-refractivity contribution in [3.8, 4) is 0 Å². The fourth-order valence-corrected chi connectivity index (χ4v) is 0.967. The third kappa shape index (κ3) is 4.38. The van der Waals surface area contributed by atoms with Gasteiger partial charge in [-0.05, 0) is 27.2 Å². The van der Waals surface area contributed by atoms with Gasteiger partial charge < -0.3 is 5.11 Å². The summed E-state index contributed by atoms with van der Waals surface area (Å²) in [5.41, 5.74) is 0.101. The molecule has 2 heteroatoms. The second kappa shape index (κ2) is 4.73. The maximum absolute atomic E-state index is 9.01. The molecule has 2 nitrogen and oxygen atoms in total. The Morgan fingerprint density at radius 3 is 2.09 bits per heavy atom. The highest BCUT2D eigenvalue weighted by atomic mass is 16.3. The molecule has 0 aromatic heterocycles. The molecular formula is C9H21NO. The summed E-state index contributed by atoms with van der Waals surface area (Å²) in [6.45, 7) is 9.70. The topological polar surface area (TPSA) is 23.5 Å². The fourth-order valence-electron chi connectivity index (χ4n) is 0.967. The van der Waals surface area contributed by atoms with E-state index < -0.39 is 0 Å². The standard InChI is InChI=1S/C9H21NO/c1-5-6-7-10(8-11)9(2,3)4/h11H,5-8H2,1-4H3. The Morgan fingerprint density at radius 2 is 1.82 bits per heavy atom. The molecule has 0 spiro atoms. The molecule has 0 aliphatic heterocycles. The van der Waals surface area contributed by atoms with Crippen molar-refractivity contribution in [2.75, 3.05) is 13.3 Å². The van der Waals surface area contributed by atoms with Gasteiger partial charge in [-0.3, -0.25) is 4.90 Å². The zero-order valence-electron chi connectivity index (χ0n) is 8.22. The third-order valence-corrected chi connectivity index (χ3v) is 1.90. The molecular weight excluding hydrogens is 138 g/mol. The average molecular weight is 159 g/mol. The van der Waals surface area contributed by atoms with Crippen LogP contribution in [0.25, 0.3) is 0 Å². The quantitative estimate of drug-likeness (QED) is 0.633. The molecule has 0 fully saturated rings. The Morgan fingerprint density at radius 1 is 1.27 bits per heavy atom. The van der Waals surface area contributed by atoms with Crippen LogP contribution in [0.1, 0.15) is 40.5 Å². The van der Waals surface area contributed by atoms with Crippen molar-refractivity contribution in [1.82, 2.24) is 4.90 Å². The molecule has 0 aromatic carbocycles. The normalized spacial score (nSPS) is 12.5. The summed E-state index contributed by atoms with van der Waals surface area (Å²) >= 11 is 0. The van der Waals surface area contributed by atoms with Gasteiger partial charge in [0, 0.05) is 12.1 Å². The number of rotatable bonds is 4. The largest absolute Gasteiger partial charge is 0.381 e. The molecule has 0 amide bonds. The Balaban J connectivity index is 3.76. The molecule has 0 atom stereocenters. The van der Waals surface area contributed by atoms with E-state index in [0.29, 0.717) is 0 Å². The lowest BCUT2D eigenvalue weighted by Crippen LogP contribution is -2.42. The number of unbranched alkanes of at least 4 members (excludes halogenated alkanes) is 1. The molecule has 0 saturated heterocycles. The summed E-state index contributed by atoms with van der Waals surface area (Å²) in [5, 5.41) is 9.01. The molecule has 1 N–H and O–H groups in total. The summed E-state index contributed by atoms with van der Waals surface area (Å²) < 4.78 is 0. The van der Waals surface area contributed by atoms with Crippen LogP contribution in [0, 0.1) is 0 Å². The highest BCUT2D eigenvalue weighted by Gasteiger charge is 2.18. The first-order valence-electron chi connectivity index (χ1n) is 4.38. The molecule has 0 rings (SSSR count). The average Bonchev–Trinajstić information content (AvgIpc) is 1.87. The van der Waals surface area contributed by atoms with E-state index in [0.717, 1.165) is 13.0 Å². The van der Waals surface area contributed by atoms with Gasteiger partial charge in [0.1, 0.15) is 0 Å². The minimum absolute atomic E-state index is 0.101. The lowest BCUT2D eigenvalue weighted by atomic mass is 10.1.